The van der Waals surface area contributed by atoms with Gasteiger partial charge in [-0.25, -0.2) is 4.79 Å². The number of hydrogen-bond acceptors (Lipinski definition) is 3. The summed E-state index contributed by atoms with van der Waals surface area (Å²) in [5.41, 5.74) is 2.70. The standard InChI is InChI=1S/C14H19N3O2/c1-17-7-3-4-9(8-17)10-5-6-11(19-2)13-12(10)15-14(18)16-13/h5-6,9H,3-4,7-8H2,1-2H3,(H2,15,16,18). The van der Waals surface area contributed by atoms with Crippen molar-refractivity contribution in [3.8, 4) is 5.75 Å². The zero-order valence-corrected chi connectivity index (χ0v) is 11.3. The number of ether oxygens (including phenoxy) is 1. The molecule has 1 aromatic heterocycles. The summed E-state index contributed by atoms with van der Waals surface area (Å²) in [7, 11) is 3.76. The van der Waals surface area contributed by atoms with Crippen LogP contribution in [0.15, 0.2) is 16.9 Å². The van der Waals surface area contributed by atoms with Crippen LogP contribution in [0, 0.1) is 0 Å². The van der Waals surface area contributed by atoms with Crippen molar-refractivity contribution < 1.29 is 4.74 Å². The molecule has 2 heterocycles. The molecule has 1 unspecified atom stereocenters. The quantitative estimate of drug-likeness (QED) is 0.864. The van der Waals surface area contributed by atoms with Gasteiger partial charge in [0.25, 0.3) is 0 Å². The van der Waals surface area contributed by atoms with Crippen LogP contribution in [0.4, 0.5) is 0 Å². The summed E-state index contributed by atoms with van der Waals surface area (Å²) in [5.74, 6) is 1.18. The number of aromatic nitrogens is 2. The topological polar surface area (TPSA) is 61.1 Å². The molecule has 3 rings (SSSR count). The summed E-state index contributed by atoms with van der Waals surface area (Å²) in [6.45, 7) is 2.19. The third-order valence-corrected chi connectivity index (χ3v) is 3.96. The van der Waals surface area contributed by atoms with Crippen LogP contribution in [0.5, 0.6) is 5.75 Å². The highest BCUT2D eigenvalue weighted by Crippen LogP contribution is 2.33. The molecule has 0 radical (unpaired) electrons. The Kier molecular flexibility index (Phi) is 3.06. The van der Waals surface area contributed by atoms with Crippen LogP contribution >= 0.6 is 0 Å². The van der Waals surface area contributed by atoms with E-state index in [2.05, 4.69) is 28.0 Å². The molecule has 2 aromatic rings. The van der Waals surface area contributed by atoms with Gasteiger partial charge in [-0.1, -0.05) is 6.07 Å². The second kappa shape index (κ2) is 4.74. The van der Waals surface area contributed by atoms with E-state index in [0.29, 0.717) is 11.7 Å². The minimum absolute atomic E-state index is 0.176. The average molecular weight is 261 g/mol. The second-order valence-corrected chi connectivity index (χ2v) is 5.29. The fourth-order valence-corrected chi connectivity index (χ4v) is 3.05. The number of H-pyrrole nitrogens is 2. The Bertz CT molecular complexity index is 644. The lowest BCUT2D eigenvalue weighted by molar-refractivity contribution is 0.251. The SMILES string of the molecule is COc1ccc(C2CCCN(C)C2)c2[nH]c(=O)[nH]c12. The smallest absolute Gasteiger partial charge is 0.323 e. The van der Waals surface area contributed by atoms with E-state index in [1.165, 1.54) is 18.4 Å². The van der Waals surface area contributed by atoms with Crippen LogP contribution in [-0.4, -0.2) is 42.1 Å². The molecule has 1 aliphatic rings. The number of rotatable bonds is 2. The van der Waals surface area contributed by atoms with Gasteiger partial charge in [0.15, 0.2) is 0 Å². The lowest BCUT2D eigenvalue weighted by Crippen LogP contribution is -2.30. The summed E-state index contributed by atoms with van der Waals surface area (Å²) in [6.07, 6.45) is 2.36. The van der Waals surface area contributed by atoms with Gasteiger partial charge in [-0.2, -0.15) is 0 Å². The Balaban J connectivity index is 2.11. The molecule has 0 bridgehead atoms. The molecule has 1 fully saturated rings. The Morgan fingerprint density at radius 3 is 2.84 bits per heavy atom. The van der Waals surface area contributed by atoms with Crippen LogP contribution in [0.2, 0.25) is 0 Å². The first-order valence-corrected chi connectivity index (χ1v) is 6.66. The molecule has 1 atom stereocenters. The number of hydrogen-bond donors (Lipinski definition) is 2. The van der Waals surface area contributed by atoms with Crippen LogP contribution in [0.1, 0.15) is 24.3 Å². The molecule has 1 aromatic carbocycles. The number of likely N-dealkylation sites (tertiary alicyclic amines) is 1. The second-order valence-electron chi connectivity index (χ2n) is 5.29. The molecule has 5 nitrogen and oxygen atoms in total. The Labute approximate surface area is 111 Å². The minimum Gasteiger partial charge on any atom is -0.494 e. The van der Waals surface area contributed by atoms with Crippen LogP contribution in [-0.2, 0) is 0 Å². The summed E-state index contributed by atoms with van der Waals surface area (Å²) in [6, 6.07) is 4.02. The van der Waals surface area contributed by atoms with Gasteiger partial charge >= 0.3 is 5.69 Å². The molecule has 0 saturated carbocycles. The molecule has 0 spiro atoms. The van der Waals surface area contributed by atoms with Gasteiger partial charge in [0.1, 0.15) is 11.3 Å². The highest BCUT2D eigenvalue weighted by molar-refractivity contribution is 5.84. The molecule has 0 aliphatic carbocycles. The fraction of sp³-hybridized carbons (Fsp3) is 0.500. The number of fused-ring (bicyclic) bond motifs is 1. The van der Waals surface area contributed by atoms with Crippen LogP contribution in [0.25, 0.3) is 11.0 Å². The van der Waals surface area contributed by atoms with Crippen LogP contribution in [0.3, 0.4) is 0 Å². The van der Waals surface area contributed by atoms with Gasteiger partial charge in [0.05, 0.1) is 12.6 Å². The fourth-order valence-electron chi connectivity index (χ4n) is 3.05. The molecule has 1 aliphatic heterocycles. The van der Waals surface area contributed by atoms with Crippen molar-refractivity contribution in [3.05, 3.63) is 28.2 Å². The molecule has 0 amide bonds. The number of nitrogens with one attached hydrogen (secondary N) is 2. The van der Waals surface area contributed by atoms with Gasteiger partial charge in [0, 0.05) is 6.54 Å². The maximum absolute atomic E-state index is 11.6. The van der Waals surface area contributed by atoms with Gasteiger partial charge in [0.2, 0.25) is 0 Å². The maximum Gasteiger partial charge on any atom is 0.323 e. The molecule has 5 heteroatoms. The average Bonchev–Trinajstić information content (AvgIpc) is 2.78. The third-order valence-electron chi connectivity index (χ3n) is 3.96. The van der Waals surface area contributed by atoms with Gasteiger partial charge in [-0.15, -0.1) is 0 Å². The van der Waals surface area contributed by atoms with Gasteiger partial charge in [-0.05, 0) is 44.0 Å². The number of likely N-dealkylation sites (N-methyl/N-ethyl adjacent to an activating group) is 1. The zero-order chi connectivity index (χ0) is 13.4. The largest absolute Gasteiger partial charge is 0.494 e. The highest BCUT2D eigenvalue weighted by Gasteiger charge is 2.22. The first-order chi connectivity index (χ1) is 9.19. The zero-order valence-electron chi connectivity index (χ0n) is 11.3. The molecular weight excluding hydrogens is 242 g/mol. The normalized spacial score (nSPS) is 20.8. The van der Waals surface area contributed by atoms with Crippen molar-refractivity contribution in [2.75, 3.05) is 27.2 Å². The van der Waals surface area contributed by atoms with Crippen molar-refractivity contribution in [2.45, 2.75) is 18.8 Å². The number of piperidine rings is 1. The maximum atomic E-state index is 11.6. The molecule has 2 N–H and O–H groups in total. The third kappa shape index (κ3) is 2.14. The van der Waals surface area contributed by atoms with E-state index < -0.39 is 0 Å². The minimum atomic E-state index is -0.176. The lowest BCUT2D eigenvalue weighted by Gasteiger charge is -2.30. The monoisotopic (exact) mass is 261 g/mol. The first kappa shape index (κ1) is 12.3. The summed E-state index contributed by atoms with van der Waals surface area (Å²) < 4.78 is 5.30. The Hall–Kier alpha value is -1.75. The summed E-state index contributed by atoms with van der Waals surface area (Å²) in [5, 5.41) is 0. The Morgan fingerprint density at radius 1 is 1.32 bits per heavy atom. The number of aromatic amines is 2. The molecule has 102 valence electrons. The first-order valence-electron chi connectivity index (χ1n) is 6.66. The highest BCUT2D eigenvalue weighted by atomic mass is 16.5. The number of nitrogens with zero attached hydrogens (tertiary/aromatic N) is 1. The number of imidazole rings is 1. The number of methoxy groups -OCH3 is 1. The van der Waals surface area contributed by atoms with Gasteiger partial charge < -0.3 is 19.6 Å². The van der Waals surface area contributed by atoms with Crippen molar-refractivity contribution in [3.63, 3.8) is 0 Å². The van der Waals surface area contributed by atoms with Crippen molar-refractivity contribution >= 4 is 11.0 Å². The van der Waals surface area contributed by atoms with Crippen molar-refractivity contribution in [1.82, 2.24) is 14.9 Å². The van der Waals surface area contributed by atoms with E-state index in [-0.39, 0.29) is 5.69 Å². The van der Waals surface area contributed by atoms with Crippen molar-refractivity contribution in [2.24, 2.45) is 0 Å². The predicted molar refractivity (Wildman–Crippen MR) is 74.9 cm³/mol. The van der Waals surface area contributed by atoms with E-state index in [4.69, 9.17) is 4.74 Å². The van der Waals surface area contributed by atoms with E-state index in [0.717, 1.165) is 24.1 Å². The predicted octanol–water partition coefficient (Wildman–Crippen LogP) is 1.67. The molecular formula is C14H19N3O2. The summed E-state index contributed by atoms with van der Waals surface area (Å²) >= 11 is 0. The van der Waals surface area contributed by atoms with E-state index in [1.54, 1.807) is 7.11 Å². The number of benzene rings is 1. The molecule has 1 saturated heterocycles. The molecule has 19 heavy (non-hydrogen) atoms. The van der Waals surface area contributed by atoms with Crippen LogP contribution < -0.4 is 10.4 Å². The van der Waals surface area contributed by atoms with E-state index in [9.17, 15) is 4.79 Å². The van der Waals surface area contributed by atoms with E-state index in [1.807, 2.05) is 6.07 Å². The lowest BCUT2D eigenvalue weighted by atomic mass is 9.90. The van der Waals surface area contributed by atoms with E-state index >= 15 is 0 Å². The Morgan fingerprint density at radius 2 is 2.11 bits per heavy atom. The van der Waals surface area contributed by atoms with Gasteiger partial charge in [-0.3, -0.25) is 0 Å². The van der Waals surface area contributed by atoms with Crippen molar-refractivity contribution in [1.29, 1.82) is 0 Å². The summed E-state index contributed by atoms with van der Waals surface area (Å²) in [4.78, 5) is 19.6.